The van der Waals surface area contributed by atoms with Crippen LogP contribution in [-0.2, 0) is 33.2 Å². The zero-order valence-electron chi connectivity index (χ0n) is 29.1. The summed E-state index contributed by atoms with van der Waals surface area (Å²) in [6.45, 7) is 3.03. The topological polar surface area (TPSA) is 121 Å². The Balaban J connectivity index is 2.56. The second-order valence-electron chi connectivity index (χ2n) is 11.3. The molecule has 0 aliphatic rings. The Morgan fingerprint density at radius 3 is 1.07 bits per heavy atom. The van der Waals surface area contributed by atoms with E-state index in [9.17, 15) is 4.79 Å². The van der Waals surface area contributed by atoms with E-state index in [-0.39, 0.29) is 52.3 Å². The summed E-state index contributed by atoms with van der Waals surface area (Å²) in [5.41, 5.74) is 0. The van der Waals surface area contributed by atoms with Crippen molar-refractivity contribution < 1.29 is 33.2 Å². The molecule has 0 aromatic carbocycles. The van der Waals surface area contributed by atoms with Crippen LogP contribution in [0.2, 0.25) is 0 Å². The fourth-order valence-corrected chi connectivity index (χ4v) is 4.87. The number of hydrogen-bond donors (Lipinski definition) is 0. The maximum Gasteiger partial charge on any atom is 0.307 e. The number of nitrogens with zero attached hydrogens (tertiary/aromatic N) is 6. The van der Waals surface area contributed by atoms with Crippen LogP contribution in [0.5, 0.6) is 0 Å². The molecule has 1 rings (SSSR count). The minimum Gasteiger partial charge on any atom is -0.444 e. The monoisotopic (exact) mass is 642 g/mol. The largest absolute Gasteiger partial charge is 0.444 e. The van der Waals surface area contributed by atoms with Crippen molar-refractivity contribution in [2.75, 3.05) is 90.6 Å². The molecule has 45 heavy (non-hydrogen) atoms. The minimum absolute atomic E-state index is 0.0720. The number of aromatic nitrogens is 3. The molecule has 1 aromatic heterocycles. The second-order valence-corrected chi connectivity index (χ2v) is 11.3. The summed E-state index contributed by atoms with van der Waals surface area (Å²) < 4.78 is 32.2. The lowest BCUT2D eigenvalue weighted by Crippen LogP contribution is -2.36. The van der Waals surface area contributed by atoms with Gasteiger partial charge in [0, 0.05) is 42.0 Å². The van der Waals surface area contributed by atoms with Gasteiger partial charge < -0.3 is 28.4 Å². The highest BCUT2D eigenvalue weighted by Crippen LogP contribution is 2.20. The molecule has 0 radical (unpaired) electrons. The lowest BCUT2D eigenvalue weighted by Gasteiger charge is -2.27. The lowest BCUT2D eigenvalue weighted by molar-refractivity contribution is -0.144. The number of carbonyl (C=O) groups excluding carboxylic acids is 1. The lowest BCUT2D eigenvalue weighted by atomic mass is 10.0. The van der Waals surface area contributed by atoms with Crippen LogP contribution in [0.4, 0.5) is 17.8 Å². The molecule has 0 saturated carbocycles. The molecule has 13 heteroatoms. The van der Waals surface area contributed by atoms with Crippen LogP contribution in [0.25, 0.3) is 0 Å². The zero-order chi connectivity index (χ0) is 33.0. The molecule has 262 valence electrons. The summed E-state index contributed by atoms with van der Waals surface area (Å²) in [5, 5.41) is 0. The summed E-state index contributed by atoms with van der Waals surface area (Å²) in [5.74, 6) is 0.606. The van der Waals surface area contributed by atoms with Crippen molar-refractivity contribution in [3.05, 3.63) is 0 Å². The molecule has 0 aliphatic heterocycles. The summed E-state index contributed by atoms with van der Waals surface area (Å²) in [6.07, 6.45) is 19.6. The van der Waals surface area contributed by atoms with Crippen molar-refractivity contribution in [1.29, 1.82) is 0 Å². The summed E-state index contributed by atoms with van der Waals surface area (Å²) >= 11 is 0. The van der Waals surface area contributed by atoms with Crippen molar-refractivity contribution in [3.8, 4) is 0 Å². The maximum absolute atomic E-state index is 12.6. The van der Waals surface area contributed by atoms with Crippen LogP contribution in [0.1, 0.15) is 110 Å². The van der Waals surface area contributed by atoms with Gasteiger partial charge in [0.1, 0.15) is 33.7 Å². The number of ether oxygens (including phenoxy) is 6. The van der Waals surface area contributed by atoms with E-state index in [0.717, 1.165) is 19.3 Å². The normalized spacial score (nSPS) is 11.2. The average molecular weight is 643 g/mol. The minimum atomic E-state index is -0.263. The third kappa shape index (κ3) is 19.1. The van der Waals surface area contributed by atoms with Crippen molar-refractivity contribution in [2.45, 2.75) is 110 Å². The summed E-state index contributed by atoms with van der Waals surface area (Å²) in [6, 6.07) is 0. The predicted octanol–water partition coefficient (Wildman–Crippen LogP) is 6.07. The molecule has 0 atom stereocenters. The van der Waals surface area contributed by atoms with Crippen molar-refractivity contribution in [2.24, 2.45) is 0 Å². The van der Waals surface area contributed by atoms with Crippen LogP contribution >= 0.6 is 0 Å². The van der Waals surface area contributed by atoms with Gasteiger partial charge in [-0.1, -0.05) is 96.8 Å². The van der Waals surface area contributed by atoms with Crippen LogP contribution in [0.15, 0.2) is 0 Å². The third-order valence-corrected chi connectivity index (χ3v) is 7.24. The predicted molar refractivity (Wildman–Crippen MR) is 177 cm³/mol. The number of unbranched alkanes of at least 4 members (excludes halogenated alkanes) is 14. The van der Waals surface area contributed by atoms with Crippen molar-refractivity contribution in [3.63, 3.8) is 0 Å². The van der Waals surface area contributed by atoms with Gasteiger partial charge in [-0.3, -0.25) is 19.5 Å². The van der Waals surface area contributed by atoms with E-state index in [0.29, 0.717) is 18.3 Å². The van der Waals surface area contributed by atoms with Gasteiger partial charge in [0.25, 0.3) is 0 Å². The van der Waals surface area contributed by atoms with Gasteiger partial charge in [-0.15, -0.1) is 0 Å². The summed E-state index contributed by atoms with van der Waals surface area (Å²) in [7, 11) is 7.84. The van der Waals surface area contributed by atoms with E-state index >= 15 is 0 Å². The number of esters is 1. The van der Waals surface area contributed by atoms with E-state index in [4.69, 9.17) is 28.4 Å². The highest BCUT2D eigenvalue weighted by atomic mass is 16.6. The van der Waals surface area contributed by atoms with Crippen molar-refractivity contribution >= 4 is 23.8 Å². The standard InChI is InChI=1S/C32H62N6O7/c1-7-8-9-10-11-12-13-14-15-16-17-18-19-20-21-22-29(39)45-28-38(27-44-6)32-34-30(36(23-40-2)24-41-3)33-31(35-32)37(25-42-4)26-43-5/h7-28H2,1-6H3. The fourth-order valence-electron chi connectivity index (χ4n) is 4.87. The highest BCUT2D eigenvalue weighted by Gasteiger charge is 2.21. The molecule has 1 aromatic rings. The maximum atomic E-state index is 12.6. The average Bonchev–Trinajstić information content (AvgIpc) is 3.04. The van der Waals surface area contributed by atoms with Gasteiger partial charge >= 0.3 is 5.97 Å². The van der Waals surface area contributed by atoms with E-state index in [2.05, 4.69) is 21.9 Å². The Kier molecular flexibility index (Phi) is 25.3. The third-order valence-electron chi connectivity index (χ3n) is 7.24. The molecule has 0 aliphatic carbocycles. The molecule has 0 N–H and O–H groups in total. The van der Waals surface area contributed by atoms with E-state index in [1.54, 1.807) is 50.2 Å². The molecule has 0 spiro atoms. The van der Waals surface area contributed by atoms with E-state index in [1.807, 2.05) is 0 Å². The number of rotatable bonds is 31. The van der Waals surface area contributed by atoms with Gasteiger partial charge in [-0.2, -0.15) is 15.0 Å². The molecule has 0 fully saturated rings. The second kappa shape index (κ2) is 27.9. The Morgan fingerprint density at radius 1 is 0.467 bits per heavy atom. The fraction of sp³-hybridized carbons (Fsp3) is 0.875. The first-order valence-corrected chi connectivity index (χ1v) is 16.7. The van der Waals surface area contributed by atoms with Crippen LogP contribution in [0, 0.1) is 0 Å². The molecule has 0 saturated heterocycles. The molecular weight excluding hydrogens is 580 g/mol. The molecule has 13 nitrogen and oxygen atoms in total. The quantitative estimate of drug-likeness (QED) is 0.0529. The van der Waals surface area contributed by atoms with Crippen molar-refractivity contribution in [1.82, 2.24) is 15.0 Å². The smallest absolute Gasteiger partial charge is 0.307 e. The Bertz CT molecular complexity index is 808. The molecule has 0 bridgehead atoms. The molecule has 0 unspecified atom stereocenters. The Morgan fingerprint density at radius 2 is 0.756 bits per heavy atom. The van der Waals surface area contributed by atoms with Gasteiger partial charge in [0.2, 0.25) is 17.8 Å². The highest BCUT2D eigenvalue weighted by molar-refractivity contribution is 5.69. The van der Waals surface area contributed by atoms with E-state index in [1.165, 1.54) is 77.0 Å². The summed E-state index contributed by atoms with van der Waals surface area (Å²) in [4.78, 5) is 31.4. The van der Waals surface area contributed by atoms with Gasteiger partial charge in [0.15, 0.2) is 6.73 Å². The molecule has 0 amide bonds. The zero-order valence-corrected chi connectivity index (χ0v) is 29.1. The number of methoxy groups -OCH3 is 5. The van der Waals surface area contributed by atoms with Crippen LogP contribution < -0.4 is 14.7 Å². The SMILES string of the molecule is CCCCCCCCCCCCCCCCCC(=O)OCN(COC)c1nc(N(COC)COC)nc(N(COC)COC)n1. The van der Waals surface area contributed by atoms with E-state index < -0.39 is 0 Å². The number of carbonyl (C=O) groups is 1. The first-order valence-electron chi connectivity index (χ1n) is 16.7. The Hall–Kier alpha value is -2.32. The van der Waals surface area contributed by atoms with Crippen LogP contribution in [0.3, 0.4) is 0 Å². The molecule has 1 heterocycles. The number of anilines is 3. The molecular formula is C32H62N6O7. The van der Waals surface area contributed by atoms with Gasteiger partial charge in [0.05, 0.1) is 0 Å². The van der Waals surface area contributed by atoms with Crippen LogP contribution in [-0.4, -0.2) is 96.9 Å². The first-order chi connectivity index (χ1) is 22.0. The first kappa shape index (κ1) is 40.7. The van der Waals surface area contributed by atoms with Gasteiger partial charge in [-0.25, -0.2) is 0 Å². The number of hydrogen-bond acceptors (Lipinski definition) is 13. The Labute approximate surface area is 272 Å². The van der Waals surface area contributed by atoms with Gasteiger partial charge in [-0.05, 0) is 6.42 Å².